The number of aliphatic hydroxyl groups excluding tert-OH is 2. The Balaban J connectivity index is 2.44. The maximum Gasteiger partial charge on any atom is 0.472 e. The number of hydrogen-bond donors (Lipinski definition) is 5. The Morgan fingerprint density at radius 2 is 1.28 bits per heavy atom. The first-order valence-electron chi connectivity index (χ1n) is 23.5. The predicted octanol–water partition coefficient (Wildman–Crippen LogP) is 9.21. The van der Waals surface area contributed by atoms with E-state index in [2.05, 4.69) is 30.5 Å². The predicted molar refractivity (Wildman–Crippen MR) is 236 cm³/mol. The van der Waals surface area contributed by atoms with Crippen LogP contribution in [0.1, 0.15) is 187 Å². The van der Waals surface area contributed by atoms with Gasteiger partial charge in [-0.3, -0.25) is 28.2 Å². The first kappa shape index (κ1) is 56.6. The van der Waals surface area contributed by atoms with Crippen molar-refractivity contribution >= 4 is 31.5 Å². The summed E-state index contributed by atoms with van der Waals surface area (Å²) in [4.78, 5) is 58.9. The summed E-state index contributed by atoms with van der Waals surface area (Å²) in [5.74, 6) is -3.21. The highest BCUT2D eigenvalue weighted by Crippen LogP contribution is 2.43. The van der Waals surface area contributed by atoms with Crippen LogP contribution in [-0.2, 0) is 42.3 Å². The van der Waals surface area contributed by atoms with Crippen molar-refractivity contribution in [3.05, 3.63) is 24.3 Å². The Hall–Kier alpha value is -2.45. The number of rotatable bonds is 40. The van der Waals surface area contributed by atoms with Crippen molar-refractivity contribution < 1.29 is 62.5 Å². The lowest BCUT2D eigenvalue weighted by atomic mass is 9.88. The average molecular weight is 888 g/mol. The second-order valence-corrected chi connectivity index (χ2v) is 18.1. The molecule has 0 bridgehead atoms. The number of ether oxygens (including phenoxy) is 2. The highest BCUT2D eigenvalue weighted by Gasteiger charge is 2.39. The van der Waals surface area contributed by atoms with E-state index in [1.807, 2.05) is 0 Å². The SMILES string of the molecule is CCCCCCCC/C=C\CCCCCCCCCC(=O)OC[C@H](COP(=O)(O)OC[C@H](N)C(=O)O)OC(=O)CCCCCC[C@H]1C(=O)C[C@@H](O)[C@@H]1/C=C/[C@@H](O)CCCCC. The number of hydrogen-bond acceptors (Lipinski definition) is 12. The number of Topliss-reactive ketones (excluding diaryl/α,β-unsaturated/α-hetero) is 1. The molecule has 1 aliphatic rings. The van der Waals surface area contributed by atoms with Crippen LogP contribution in [0.25, 0.3) is 0 Å². The summed E-state index contributed by atoms with van der Waals surface area (Å²) in [6.07, 6.45) is 30.0. The van der Waals surface area contributed by atoms with E-state index in [4.69, 9.17) is 24.8 Å². The smallest absolute Gasteiger partial charge is 0.472 e. The molecule has 1 rings (SSSR count). The van der Waals surface area contributed by atoms with E-state index in [0.717, 1.165) is 57.8 Å². The molecule has 354 valence electrons. The molecule has 0 aliphatic heterocycles. The zero-order chi connectivity index (χ0) is 45.1. The van der Waals surface area contributed by atoms with Gasteiger partial charge in [-0.05, 0) is 51.4 Å². The van der Waals surface area contributed by atoms with Crippen LogP contribution < -0.4 is 5.73 Å². The molecule has 0 aromatic rings. The second kappa shape index (κ2) is 35.9. The summed E-state index contributed by atoms with van der Waals surface area (Å²) in [6, 6.07) is -1.56. The van der Waals surface area contributed by atoms with Gasteiger partial charge in [0.1, 0.15) is 18.4 Å². The van der Waals surface area contributed by atoms with Crippen molar-refractivity contribution in [2.75, 3.05) is 19.8 Å². The van der Waals surface area contributed by atoms with E-state index >= 15 is 0 Å². The molecule has 0 aromatic heterocycles. The molecule has 15 heteroatoms. The average Bonchev–Trinajstić information content (AvgIpc) is 3.49. The zero-order valence-electron chi connectivity index (χ0n) is 37.5. The number of nitrogens with two attached hydrogens (primary N) is 1. The van der Waals surface area contributed by atoms with Gasteiger partial charge in [-0.25, -0.2) is 4.57 Å². The molecule has 0 saturated heterocycles. The highest BCUT2D eigenvalue weighted by molar-refractivity contribution is 7.47. The molecular weight excluding hydrogens is 805 g/mol. The summed E-state index contributed by atoms with van der Waals surface area (Å²) in [6.45, 7) is 2.46. The van der Waals surface area contributed by atoms with Crippen LogP contribution in [0.3, 0.4) is 0 Å². The van der Waals surface area contributed by atoms with Crippen molar-refractivity contribution in [2.24, 2.45) is 17.6 Å². The fraction of sp³-hybridized carbons (Fsp3) is 0.826. The van der Waals surface area contributed by atoms with E-state index < -0.39 is 69.9 Å². The number of phosphoric ester groups is 1. The van der Waals surface area contributed by atoms with Crippen LogP contribution in [0.15, 0.2) is 24.3 Å². The fourth-order valence-corrected chi connectivity index (χ4v) is 8.09. The Labute approximate surface area is 366 Å². The fourth-order valence-electron chi connectivity index (χ4n) is 7.31. The van der Waals surface area contributed by atoms with Crippen LogP contribution in [0, 0.1) is 11.8 Å². The van der Waals surface area contributed by atoms with Crippen LogP contribution in [0.5, 0.6) is 0 Å². The third-order valence-electron chi connectivity index (χ3n) is 11.1. The quantitative estimate of drug-likeness (QED) is 0.0167. The second-order valence-electron chi connectivity index (χ2n) is 16.7. The Morgan fingerprint density at radius 1 is 0.754 bits per heavy atom. The normalized spacial score (nSPS) is 19.3. The third-order valence-corrected chi connectivity index (χ3v) is 12.0. The minimum Gasteiger partial charge on any atom is -0.480 e. The van der Waals surface area contributed by atoms with E-state index in [9.17, 15) is 38.8 Å². The number of carbonyl (C=O) groups excluding carboxylic acids is 3. The maximum absolute atomic E-state index is 12.8. The summed E-state index contributed by atoms with van der Waals surface area (Å²) in [7, 11) is -4.79. The molecule has 7 atom stereocenters. The molecule has 0 amide bonds. The highest BCUT2D eigenvalue weighted by atomic mass is 31.2. The lowest BCUT2D eigenvalue weighted by Gasteiger charge is -2.20. The van der Waals surface area contributed by atoms with E-state index in [0.29, 0.717) is 38.5 Å². The van der Waals surface area contributed by atoms with Crippen molar-refractivity contribution in [3.63, 3.8) is 0 Å². The van der Waals surface area contributed by atoms with Crippen molar-refractivity contribution in [3.8, 4) is 0 Å². The number of esters is 2. The Bertz CT molecular complexity index is 1290. The molecule has 1 saturated carbocycles. The number of aliphatic carboxylic acids is 1. The lowest BCUT2D eigenvalue weighted by molar-refractivity contribution is -0.161. The molecule has 1 fully saturated rings. The minimum atomic E-state index is -4.79. The molecule has 0 aromatic carbocycles. The largest absolute Gasteiger partial charge is 0.480 e. The number of carboxylic acid groups (broad SMARTS) is 1. The number of allylic oxidation sites excluding steroid dienone is 2. The van der Waals surface area contributed by atoms with E-state index in [1.54, 1.807) is 12.2 Å². The van der Waals surface area contributed by atoms with Gasteiger partial charge >= 0.3 is 25.7 Å². The Morgan fingerprint density at radius 3 is 1.89 bits per heavy atom. The number of aliphatic hydroxyl groups is 2. The molecule has 0 radical (unpaired) electrons. The number of unbranched alkanes of at least 4 members (excludes halogenated alkanes) is 18. The van der Waals surface area contributed by atoms with Crippen LogP contribution in [0.2, 0.25) is 0 Å². The summed E-state index contributed by atoms with van der Waals surface area (Å²) in [5.41, 5.74) is 5.34. The van der Waals surface area contributed by atoms with Crippen molar-refractivity contribution in [1.82, 2.24) is 0 Å². The molecule has 1 aliphatic carbocycles. The number of ketones is 1. The summed E-state index contributed by atoms with van der Waals surface area (Å²) >= 11 is 0. The lowest BCUT2D eigenvalue weighted by Crippen LogP contribution is -2.34. The van der Waals surface area contributed by atoms with Crippen LogP contribution in [0.4, 0.5) is 0 Å². The number of carbonyl (C=O) groups is 4. The van der Waals surface area contributed by atoms with Gasteiger partial charge < -0.3 is 35.4 Å². The monoisotopic (exact) mass is 888 g/mol. The number of carboxylic acids is 1. The molecule has 61 heavy (non-hydrogen) atoms. The van der Waals surface area contributed by atoms with Crippen LogP contribution >= 0.6 is 7.82 Å². The standard InChI is InChI=1S/C46H82NO13P/c1-3-5-7-8-9-10-11-12-13-14-15-16-17-18-19-20-25-29-44(51)57-34-38(35-58-61(55,56)59-36-41(47)46(53)54)60-45(52)30-26-22-21-24-28-39-40(43(50)33-42(39)49)32-31-37(48)27-23-6-4-2/h12-13,31-32,37-41,43,48,50H,3-11,14-30,33-36,47H2,1-2H3,(H,53,54)(H,55,56)/b13-12-,32-31+/t37-,38+,39+,40+,41-,43+/m0/s1. The first-order chi connectivity index (χ1) is 29.3. The topological polar surface area (TPSA) is 229 Å². The van der Waals surface area contributed by atoms with Gasteiger partial charge in [0, 0.05) is 31.1 Å². The van der Waals surface area contributed by atoms with Gasteiger partial charge in [0.2, 0.25) is 0 Å². The molecule has 0 spiro atoms. The minimum absolute atomic E-state index is 0.0149. The van der Waals surface area contributed by atoms with Crippen LogP contribution in [-0.4, -0.2) is 88.1 Å². The van der Waals surface area contributed by atoms with E-state index in [1.165, 1.54) is 57.8 Å². The van der Waals surface area contributed by atoms with E-state index in [-0.39, 0.29) is 36.9 Å². The number of phosphoric acid groups is 1. The van der Waals surface area contributed by atoms with Gasteiger partial charge in [-0.2, -0.15) is 0 Å². The molecule has 14 nitrogen and oxygen atoms in total. The van der Waals surface area contributed by atoms with Crippen molar-refractivity contribution in [2.45, 2.75) is 212 Å². The summed E-state index contributed by atoms with van der Waals surface area (Å²) < 4.78 is 32.7. The molecule has 6 N–H and O–H groups in total. The van der Waals surface area contributed by atoms with Gasteiger partial charge in [0.25, 0.3) is 0 Å². The maximum atomic E-state index is 12.8. The molecular formula is C46H82NO13P. The van der Waals surface area contributed by atoms with Gasteiger partial charge in [-0.1, -0.05) is 141 Å². The molecule has 0 heterocycles. The molecule has 1 unspecified atom stereocenters. The summed E-state index contributed by atoms with van der Waals surface area (Å²) in [5, 5.41) is 29.7. The third kappa shape index (κ3) is 30.3. The Kier molecular flexibility index (Phi) is 33.3. The van der Waals surface area contributed by atoms with Gasteiger partial charge in [0.05, 0.1) is 25.4 Å². The zero-order valence-corrected chi connectivity index (χ0v) is 38.4. The van der Waals surface area contributed by atoms with Gasteiger partial charge in [-0.15, -0.1) is 0 Å². The van der Waals surface area contributed by atoms with Crippen molar-refractivity contribution in [1.29, 1.82) is 0 Å². The first-order valence-corrected chi connectivity index (χ1v) is 25.0. The van der Waals surface area contributed by atoms with Gasteiger partial charge in [0.15, 0.2) is 6.10 Å².